The first-order valence-corrected chi connectivity index (χ1v) is 10.1. The Kier molecular flexibility index (Phi) is 5.86. The Hall–Kier alpha value is -3.12. The first-order valence-electron chi connectivity index (χ1n) is 10.1. The number of rotatable bonds is 7. The normalized spacial score (nSPS) is 15.6. The molecule has 0 unspecified atom stereocenters. The van der Waals surface area contributed by atoms with Crippen LogP contribution in [0.5, 0.6) is 5.75 Å². The summed E-state index contributed by atoms with van der Waals surface area (Å²) in [6.45, 7) is 3.17. The van der Waals surface area contributed by atoms with Gasteiger partial charge in [-0.2, -0.15) is 0 Å². The molecular formula is C24H25NO5. The molecule has 1 saturated heterocycles. The molecule has 0 aliphatic carbocycles. The zero-order valence-corrected chi connectivity index (χ0v) is 17.0. The lowest BCUT2D eigenvalue weighted by Gasteiger charge is -2.33. The Morgan fingerprint density at radius 1 is 1.10 bits per heavy atom. The molecule has 0 amide bonds. The van der Waals surface area contributed by atoms with Crippen LogP contribution in [0.3, 0.4) is 0 Å². The summed E-state index contributed by atoms with van der Waals surface area (Å²) in [7, 11) is 0. The van der Waals surface area contributed by atoms with Gasteiger partial charge in [-0.3, -0.25) is 4.79 Å². The highest BCUT2D eigenvalue weighted by Crippen LogP contribution is 2.35. The molecule has 6 heteroatoms. The third-order valence-corrected chi connectivity index (χ3v) is 5.66. The van der Waals surface area contributed by atoms with E-state index in [-0.39, 0.29) is 0 Å². The predicted octanol–water partition coefficient (Wildman–Crippen LogP) is 4.65. The summed E-state index contributed by atoms with van der Waals surface area (Å²) >= 11 is 0. The Balaban J connectivity index is 1.40. The van der Waals surface area contributed by atoms with Crippen molar-refractivity contribution in [1.82, 2.24) is 4.98 Å². The molecule has 156 valence electrons. The first-order chi connectivity index (χ1) is 14.6. The first kappa shape index (κ1) is 20.2. The van der Waals surface area contributed by atoms with Crippen molar-refractivity contribution in [3.05, 3.63) is 71.6 Å². The predicted molar refractivity (Wildman–Crippen MR) is 111 cm³/mol. The summed E-state index contributed by atoms with van der Waals surface area (Å²) in [5, 5.41) is 9.73. The van der Waals surface area contributed by atoms with E-state index >= 15 is 0 Å². The number of hydrogen-bond donors (Lipinski definition) is 1. The summed E-state index contributed by atoms with van der Waals surface area (Å²) < 4.78 is 17.0. The Morgan fingerprint density at radius 3 is 2.47 bits per heavy atom. The number of carboxylic acids is 1. The number of carboxylic acid groups (broad SMARTS) is 1. The Morgan fingerprint density at radius 2 is 1.80 bits per heavy atom. The van der Waals surface area contributed by atoms with Gasteiger partial charge in [-0.05, 0) is 56.0 Å². The van der Waals surface area contributed by atoms with Gasteiger partial charge >= 0.3 is 5.97 Å². The van der Waals surface area contributed by atoms with E-state index in [1.165, 1.54) is 0 Å². The minimum Gasteiger partial charge on any atom is -0.487 e. The van der Waals surface area contributed by atoms with Crippen LogP contribution in [0.25, 0.3) is 11.5 Å². The molecule has 30 heavy (non-hydrogen) atoms. The van der Waals surface area contributed by atoms with Crippen LogP contribution in [0.2, 0.25) is 0 Å². The number of nitrogens with zero attached hydrogens (tertiary/aromatic N) is 1. The average Bonchev–Trinajstić information content (AvgIpc) is 3.15. The van der Waals surface area contributed by atoms with Crippen LogP contribution in [-0.4, -0.2) is 29.3 Å². The molecule has 6 nitrogen and oxygen atoms in total. The number of aliphatic carboxylic acids is 1. The molecule has 4 rings (SSSR count). The Labute approximate surface area is 175 Å². The van der Waals surface area contributed by atoms with E-state index in [1.54, 1.807) is 0 Å². The molecule has 3 aromatic rings. The maximum Gasteiger partial charge on any atom is 0.310 e. The van der Waals surface area contributed by atoms with Gasteiger partial charge in [0.1, 0.15) is 23.8 Å². The van der Waals surface area contributed by atoms with Crippen molar-refractivity contribution in [3.8, 4) is 17.2 Å². The van der Waals surface area contributed by atoms with Crippen LogP contribution in [0, 0.1) is 12.3 Å². The van der Waals surface area contributed by atoms with Crippen LogP contribution in [0.15, 0.2) is 59.0 Å². The molecule has 1 fully saturated rings. The number of aromatic nitrogens is 1. The molecule has 1 aliphatic rings. The molecule has 0 saturated carbocycles. The van der Waals surface area contributed by atoms with Gasteiger partial charge < -0.3 is 19.0 Å². The van der Waals surface area contributed by atoms with E-state index in [4.69, 9.17) is 13.9 Å². The molecule has 2 aromatic carbocycles. The van der Waals surface area contributed by atoms with Crippen molar-refractivity contribution < 1.29 is 23.8 Å². The molecule has 1 aliphatic heterocycles. The highest BCUT2D eigenvalue weighted by atomic mass is 16.5. The van der Waals surface area contributed by atoms with E-state index in [0.29, 0.717) is 50.7 Å². The number of benzene rings is 2. The number of aryl methyl sites for hydroxylation is 1. The number of ether oxygens (including phenoxy) is 2. The van der Waals surface area contributed by atoms with Crippen molar-refractivity contribution >= 4 is 5.97 Å². The molecule has 1 N–H and O–H groups in total. The Bertz CT molecular complexity index is 988. The van der Waals surface area contributed by atoms with Gasteiger partial charge in [-0.25, -0.2) is 4.98 Å². The largest absolute Gasteiger partial charge is 0.487 e. The highest BCUT2D eigenvalue weighted by molar-refractivity contribution is 5.75. The van der Waals surface area contributed by atoms with Crippen LogP contribution >= 0.6 is 0 Å². The SMILES string of the molecule is Cc1oc(-c2ccccc2)nc1COc1ccc(CC2(C(=O)O)CCOCC2)cc1. The summed E-state index contributed by atoms with van der Waals surface area (Å²) in [6, 6.07) is 17.4. The van der Waals surface area contributed by atoms with Crippen molar-refractivity contribution in [2.24, 2.45) is 5.41 Å². The molecule has 0 bridgehead atoms. The van der Waals surface area contributed by atoms with Crippen LogP contribution in [-0.2, 0) is 22.6 Å². The molecular weight excluding hydrogens is 382 g/mol. The zero-order valence-electron chi connectivity index (χ0n) is 17.0. The topological polar surface area (TPSA) is 81.8 Å². The number of carbonyl (C=O) groups is 1. The molecule has 0 spiro atoms. The lowest BCUT2D eigenvalue weighted by Crippen LogP contribution is -2.39. The van der Waals surface area contributed by atoms with Crippen molar-refractivity contribution in [1.29, 1.82) is 0 Å². The van der Waals surface area contributed by atoms with Crippen LogP contribution < -0.4 is 4.74 Å². The second-order valence-corrected chi connectivity index (χ2v) is 7.70. The zero-order chi connectivity index (χ0) is 21.0. The summed E-state index contributed by atoms with van der Waals surface area (Å²) in [4.78, 5) is 16.4. The van der Waals surface area contributed by atoms with Gasteiger partial charge in [0.05, 0.1) is 5.41 Å². The lowest BCUT2D eigenvalue weighted by molar-refractivity contribution is -0.154. The monoisotopic (exact) mass is 407 g/mol. The maximum absolute atomic E-state index is 11.8. The number of oxazole rings is 1. The van der Waals surface area contributed by atoms with Crippen molar-refractivity contribution in [3.63, 3.8) is 0 Å². The van der Waals surface area contributed by atoms with Crippen molar-refractivity contribution in [2.45, 2.75) is 32.8 Å². The summed E-state index contributed by atoms with van der Waals surface area (Å²) in [5.74, 6) is 1.27. The molecule has 2 heterocycles. The highest BCUT2D eigenvalue weighted by Gasteiger charge is 2.40. The van der Waals surface area contributed by atoms with Gasteiger partial charge in [0.2, 0.25) is 5.89 Å². The fraction of sp³-hybridized carbons (Fsp3) is 0.333. The third-order valence-electron chi connectivity index (χ3n) is 5.66. The van der Waals surface area contributed by atoms with Gasteiger partial charge in [0.15, 0.2) is 0 Å². The average molecular weight is 407 g/mol. The second-order valence-electron chi connectivity index (χ2n) is 7.70. The van der Waals surface area contributed by atoms with Gasteiger partial charge in [-0.15, -0.1) is 0 Å². The van der Waals surface area contributed by atoms with Crippen LogP contribution in [0.4, 0.5) is 0 Å². The molecule has 0 radical (unpaired) electrons. The minimum atomic E-state index is -0.748. The standard InChI is InChI=1S/C24H25NO5/c1-17-21(25-22(30-17)19-5-3-2-4-6-19)16-29-20-9-7-18(8-10-20)15-24(23(26)27)11-13-28-14-12-24/h2-10H,11-16H2,1H3,(H,26,27). The lowest BCUT2D eigenvalue weighted by atomic mass is 9.75. The quantitative estimate of drug-likeness (QED) is 0.614. The van der Waals surface area contributed by atoms with E-state index in [0.717, 1.165) is 22.6 Å². The van der Waals surface area contributed by atoms with Gasteiger partial charge in [0.25, 0.3) is 0 Å². The van der Waals surface area contributed by atoms with E-state index in [9.17, 15) is 9.90 Å². The maximum atomic E-state index is 11.8. The summed E-state index contributed by atoms with van der Waals surface area (Å²) in [6.07, 6.45) is 1.57. The third kappa shape index (κ3) is 4.39. The van der Waals surface area contributed by atoms with E-state index < -0.39 is 11.4 Å². The second kappa shape index (κ2) is 8.71. The van der Waals surface area contributed by atoms with E-state index in [1.807, 2.05) is 61.5 Å². The molecule has 1 aromatic heterocycles. The summed E-state index contributed by atoms with van der Waals surface area (Å²) in [5.41, 5.74) is 1.92. The molecule has 0 atom stereocenters. The van der Waals surface area contributed by atoms with E-state index in [2.05, 4.69) is 4.98 Å². The fourth-order valence-corrected chi connectivity index (χ4v) is 3.74. The van der Waals surface area contributed by atoms with Crippen molar-refractivity contribution in [2.75, 3.05) is 13.2 Å². The van der Waals surface area contributed by atoms with Gasteiger partial charge in [-0.1, -0.05) is 30.3 Å². The smallest absolute Gasteiger partial charge is 0.310 e. The van der Waals surface area contributed by atoms with Gasteiger partial charge in [0, 0.05) is 18.8 Å². The van der Waals surface area contributed by atoms with Crippen LogP contribution in [0.1, 0.15) is 29.9 Å². The fourth-order valence-electron chi connectivity index (χ4n) is 3.74. The minimum absolute atomic E-state index is 0.303. The number of hydrogen-bond acceptors (Lipinski definition) is 5.